The highest BCUT2D eigenvalue weighted by molar-refractivity contribution is 6.34. The van der Waals surface area contributed by atoms with Gasteiger partial charge in [0.2, 0.25) is 11.7 Å². The molecule has 1 unspecified atom stereocenters. The van der Waals surface area contributed by atoms with E-state index in [1.165, 1.54) is 24.3 Å². The number of carbonyl (C=O) groups excluding carboxylic acids is 4. The van der Waals surface area contributed by atoms with E-state index in [-0.39, 0.29) is 34.4 Å². The lowest BCUT2D eigenvalue weighted by Crippen LogP contribution is -2.38. The number of Topliss-reactive ketones (excluding diaryl/α,β-unsaturated/α-hetero) is 1. The first-order valence-electron chi connectivity index (χ1n) is 11.0. The summed E-state index contributed by atoms with van der Waals surface area (Å²) in [7, 11) is 0. The number of benzene rings is 3. The first-order valence-corrected chi connectivity index (χ1v) is 11.4. The predicted molar refractivity (Wildman–Crippen MR) is 131 cm³/mol. The fraction of sp³-hybridized carbons (Fsp3) is 0.185. The minimum atomic E-state index is -0.700. The Labute approximate surface area is 207 Å². The van der Waals surface area contributed by atoms with Crippen LogP contribution in [0.5, 0.6) is 0 Å². The third-order valence-corrected chi connectivity index (χ3v) is 6.02. The zero-order valence-corrected chi connectivity index (χ0v) is 19.7. The summed E-state index contributed by atoms with van der Waals surface area (Å²) in [5.41, 5.74) is 2.99. The van der Waals surface area contributed by atoms with Crippen LogP contribution in [0.15, 0.2) is 72.8 Å². The molecule has 35 heavy (non-hydrogen) atoms. The smallest absolute Gasteiger partial charge is 0.338 e. The number of aryl methyl sites for hydroxylation is 1. The summed E-state index contributed by atoms with van der Waals surface area (Å²) in [4.78, 5) is 51.1. The topological polar surface area (TPSA) is 92.8 Å². The Bertz CT molecular complexity index is 1270. The van der Waals surface area contributed by atoms with E-state index in [9.17, 15) is 19.2 Å². The molecular formula is C27H23ClN2O5. The lowest BCUT2D eigenvalue weighted by atomic mass is 10.1. The number of hydrogen-bond donors (Lipinski definition) is 1. The Morgan fingerprint density at radius 2 is 1.69 bits per heavy atom. The average molecular weight is 491 g/mol. The number of hydrogen-bond acceptors (Lipinski definition) is 6. The maximum atomic E-state index is 12.9. The number of nitrogens with zero attached hydrogens (tertiary/aromatic N) is 1. The third kappa shape index (κ3) is 5.65. The molecule has 4 rings (SSSR count). The second kappa shape index (κ2) is 10.6. The van der Waals surface area contributed by atoms with Crippen LogP contribution in [0.25, 0.3) is 0 Å². The van der Waals surface area contributed by atoms with Crippen LogP contribution in [0.4, 0.5) is 5.69 Å². The number of rotatable bonds is 8. The van der Waals surface area contributed by atoms with Crippen LogP contribution in [-0.2, 0) is 20.9 Å². The van der Waals surface area contributed by atoms with Crippen molar-refractivity contribution in [1.82, 2.24) is 5.32 Å². The molecule has 1 saturated heterocycles. The highest BCUT2D eigenvalue weighted by atomic mass is 35.5. The highest BCUT2D eigenvalue weighted by Crippen LogP contribution is 2.24. The number of nitrogens with one attached hydrogen (secondary N) is 1. The molecule has 1 aliphatic rings. The number of halogens is 1. The summed E-state index contributed by atoms with van der Waals surface area (Å²) in [6.07, 6.45) is 0.0542. The summed E-state index contributed by atoms with van der Waals surface area (Å²) < 4.78 is 5.10. The number of anilines is 1. The molecule has 178 valence electrons. The fourth-order valence-electron chi connectivity index (χ4n) is 3.74. The van der Waals surface area contributed by atoms with Gasteiger partial charge in [0.25, 0.3) is 5.91 Å². The van der Waals surface area contributed by atoms with Crippen molar-refractivity contribution in [2.24, 2.45) is 0 Å². The maximum Gasteiger partial charge on any atom is 0.338 e. The molecule has 2 amide bonds. The van der Waals surface area contributed by atoms with Crippen LogP contribution < -0.4 is 10.2 Å². The van der Waals surface area contributed by atoms with Crippen molar-refractivity contribution in [2.45, 2.75) is 25.9 Å². The molecule has 1 aliphatic heterocycles. The van der Waals surface area contributed by atoms with E-state index in [1.54, 1.807) is 24.3 Å². The van der Waals surface area contributed by atoms with Gasteiger partial charge in [0.05, 0.1) is 28.7 Å². The maximum absolute atomic E-state index is 12.9. The molecular weight excluding hydrogens is 468 g/mol. The lowest BCUT2D eigenvalue weighted by Gasteiger charge is -2.16. The van der Waals surface area contributed by atoms with E-state index < -0.39 is 24.4 Å². The van der Waals surface area contributed by atoms with Gasteiger partial charge in [0, 0.05) is 12.1 Å². The summed E-state index contributed by atoms with van der Waals surface area (Å²) in [5, 5.41) is 3.43. The molecule has 1 atom stereocenters. The fourth-order valence-corrected chi connectivity index (χ4v) is 3.98. The highest BCUT2D eigenvalue weighted by Gasteiger charge is 2.39. The van der Waals surface area contributed by atoms with Crippen molar-refractivity contribution in [3.63, 3.8) is 0 Å². The Morgan fingerprint density at radius 3 is 2.37 bits per heavy atom. The van der Waals surface area contributed by atoms with Gasteiger partial charge in [-0.15, -0.1) is 0 Å². The van der Waals surface area contributed by atoms with Gasteiger partial charge in [-0.1, -0.05) is 53.6 Å². The van der Waals surface area contributed by atoms with Crippen LogP contribution in [-0.4, -0.2) is 36.2 Å². The number of imide groups is 1. The Balaban J connectivity index is 1.35. The summed E-state index contributed by atoms with van der Waals surface area (Å²) in [6, 6.07) is 19.7. The third-order valence-electron chi connectivity index (χ3n) is 5.69. The Kier molecular flexibility index (Phi) is 7.39. The first-order chi connectivity index (χ1) is 16.8. The second-order valence-corrected chi connectivity index (χ2v) is 8.62. The molecule has 1 fully saturated rings. The molecule has 0 bridgehead atoms. The molecule has 0 spiro atoms. The SMILES string of the molecule is Cc1ccc(CNC2CC(=O)N(c3ccc(C(=O)OCC(=O)c4ccccc4Cl)cc3)C2=O)cc1. The van der Waals surface area contributed by atoms with E-state index in [4.69, 9.17) is 16.3 Å². The molecule has 0 saturated carbocycles. The molecule has 1 N–H and O–H groups in total. The van der Waals surface area contributed by atoms with E-state index in [0.29, 0.717) is 12.2 Å². The van der Waals surface area contributed by atoms with Crippen LogP contribution in [0.2, 0.25) is 5.02 Å². The minimum absolute atomic E-state index is 0.0542. The molecule has 1 heterocycles. The Morgan fingerprint density at radius 1 is 1.00 bits per heavy atom. The minimum Gasteiger partial charge on any atom is -0.454 e. The van der Waals surface area contributed by atoms with Crippen molar-refractivity contribution in [2.75, 3.05) is 11.5 Å². The number of ether oxygens (including phenoxy) is 1. The quantitative estimate of drug-likeness (QED) is 0.290. The van der Waals surface area contributed by atoms with Gasteiger partial charge in [-0.3, -0.25) is 14.4 Å². The average Bonchev–Trinajstić information content (AvgIpc) is 3.15. The van der Waals surface area contributed by atoms with E-state index in [0.717, 1.165) is 16.0 Å². The molecule has 0 aliphatic carbocycles. The monoisotopic (exact) mass is 490 g/mol. The van der Waals surface area contributed by atoms with Crippen LogP contribution in [0.1, 0.15) is 38.3 Å². The van der Waals surface area contributed by atoms with E-state index in [2.05, 4.69) is 5.32 Å². The largest absolute Gasteiger partial charge is 0.454 e. The van der Waals surface area contributed by atoms with Crippen molar-refractivity contribution < 1.29 is 23.9 Å². The normalized spacial score (nSPS) is 15.4. The van der Waals surface area contributed by atoms with Crippen LogP contribution in [0.3, 0.4) is 0 Å². The summed E-state index contributed by atoms with van der Waals surface area (Å²) in [5.74, 6) is -1.79. The summed E-state index contributed by atoms with van der Waals surface area (Å²) in [6.45, 7) is 2.01. The predicted octanol–water partition coefficient (Wildman–Crippen LogP) is 4.11. The van der Waals surface area contributed by atoms with E-state index in [1.807, 2.05) is 31.2 Å². The van der Waals surface area contributed by atoms with Crippen molar-refractivity contribution in [1.29, 1.82) is 0 Å². The lowest BCUT2D eigenvalue weighted by molar-refractivity contribution is -0.121. The molecule has 3 aromatic carbocycles. The Hall–Kier alpha value is -3.81. The van der Waals surface area contributed by atoms with Crippen LogP contribution in [0, 0.1) is 6.92 Å². The van der Waals surface area contributed by atoms with Crippen molar-refractivity contribution in [3.05, 3.63) is 100 Å². The van der Waals surface area contributed by atoms with Crippen molar-refractivity contribution in [3.8, 4) is 0 Å². The van der Waals surface area contributed by atoms with Gasteiger partial charge in [-0.2, -0.15) is 0 Å². The number of ketones is 1. The standard InChI is InChI=1S/C27H23ClN2O5/c1-17-6-8-18(9-7-17)15-29-23-14-25(32)30(26(23)33)20-12-10-19(11-13-20)27(34)35-16-24(31)21-4-2-3-5-22(21)28/h2-13,23,29H,14-16H2,1H3. The van der Waals surface area contributed by atoms with Crippen molar-refractivity contribution >= 4 is 40.9 Å². The van der Waals surface area contributed by atoms with Crippen LogP contribution >= 0.6 is 11.6 Å². The molecule has 0 radical (unpaired) electrons. The van der Waals surface area contributed by atoms with Gasteiger partial charge in [0.15, 0.2) is 6.61 Å². The zero-order chi connectivity index (χ0) is 24.9. The van der Waals surface area contributed by atoms with Gasteiger partial charge in [0.1, 0.15) is 0 Å². The second-order valence-electron chi connectivity index (χ2n) is 8.22. The van der Waals surface area contributed by atoms with E-state index >= 15 is 0 Å². The number of esters is 1. The molecule has 8 heteroatoms. The zero-order valence-electron chi connectivity index (χ0n) is 19.0. The van der Waals surface area contributed by atoms with Gasteiger partial charge in [-0.05, 0) is 48.9 Å². The van der Waals surface area contributed by atoms with Gasteiger partial charge < -0.3 is 10.1 Å². The molecule has 7 nitrogen and oxygen atoms in total. The number of carbonyl (C=O) groups is 4. The first kappa shape index (κ1) is 24.3. The molecule has 3 aromatic rings. The van der Waals surface area contributed by atoms with Gasteiger partial charge >= 0.3 is 5.97 Å². The van der Waals surface area contributed by atoms with Gasteiger partial charge in [-0.25, -0.2) is 9.69 Å². The summed E-state index contributed by atoms with van der Waals surface area (Å²) >= 11 is 6.00. The molecule has 0 aromatic heterocycles. The number of amides is 2.